The Labute approximate surface area is 127 Å². The van der Waals surface area contributed by atoms with Crippen LogP contribution in [0.5, 0.6) is 0 Å². The molecule has 1 amide bonds. The highest BCUT2D eigenvalue weighted by atomic mass is 35.5. The zero-order valence-electron chi connectivity index (χ0n) is 13.1. The highest BCUT2D eigenvalue weighted by Gasteiger charge is 2.27. The van der Waals surface area contributed by atoms with E-state index in [2.05, 4.69) is 10.4 Å². The van der Waals surface area contributed by atoms with Crippen LogP contribution in [0, 0.1) is 0 Å². The highest BCUT2D eigenvalue weighted by Crippen LogP contribution is 2.16. The van der Waals surface area contributed by atoms with E-state index in [0.717, 1.165) is 12.8 Å². The summed E-state index contributed by atoms with van der Waals surface area (Å²) in [5.41, 5.74) is 5.93. The van der Waals surface area contributed by atoms with Crippen molar-refractivity contribution in [3.63, 3.8) is 0 Å². The molecule has 0 aliphatic rings. The molecule has 3 N–H and O–H groups in total. The van der Waals surface area contributed by atoms with Gasteiger partial charge in [-0.2, -0.15) is 5.10 Å². The molecule has 0 spiro atoms. The number of hydrogen-bond acceptors (Lipinski definition) is 3. The van der Waals surface area contributed by atoms with Crippen LogP contribution >= 0.6 is 12.4 Å². The largest absolute Gasteiger partial charge is 0.345 e. The molecule has 0 atom stereocenters. The van der Waals surface area contributed by atoms with Gasteiger partial charge in [-0.1, -0.05) is 13.8 Å². The molecule has 6 heteroatoms. The van der Waals surface area contributed by atoms with Crippen molar-refractivity contribution in [1.29, 1.82) is 0 Å². The van der Waals surface area contributed by atoms with E-state index in [9.17, 15) is 4.79 Å². The van der Waals surface area contributed by atoms with Gasteiger partial charge in [-0.25, -0.2) is 0 Å². The molecule has 0 saturated heterocycles. The SMILES string of the molecule is CCC(CC)(CN)NC(=O)c1cnn(C(C)(C)C)c1.Cl. The summed E-state index contributed by atoms with van der Waals surface area (Å²) in [7, 11) is 0. The predicted octanol–water partition coefficient (Wildman–Crippen LogP) is 2.31. The van der Waals surface area contributed by atoms with Crippen molar-refractivity contribution >= 4 is 18.3 Å². The van der Waals surface area contributed by atoms with Crippen LogP contribution < -0.4 is 11.1 Å². The number of halogens is 1. The van der Waals surface area contributed by atoms with Crippen molar-refractivity contribution < 1.29 is 4.79 Å². The molecule has 0 aliphatic carbocycles. The van der Waals surface area contributed by atoms with E-state index in [-0.39, 0.29) is 29.4 Å². The Morgan fingerprint density at radius 3 is 2.25 bits per heavy atom. The van der Waals surface area contributed by atoms with Gasteiger partial charge in [0.25, 0.3) is 5.91 Å². The Balaban J connectivity index is 0.00000361. The summed E-state index contributed by atoms with van der Waals surface area (Å²) < 4.78 is 1.80. The molecule has 5 nitrogen and oxygen atoms in total. The second kappa shape index (κ2) is 7.09. The molecule has 20 heavy (non-hydrogen) atoms. The lowest BCUT2D eigenvalue weighted by Gasteiger charge is -2.31. The number of nitrogens with zero attached hydrogens (tertiary/aromatic N) is 2. The van der Waals surface area contributed by atoms with Crippen LogP contribution in [0.3, 0.4) is 0 Å². The molecule has 0 unspecified atom stereocenters. The maximum Gasteiger partial charge on any atom is 0.254 e. The van der Waals surface area contributed by atoms with Gasteiger partial charge >= 0.3 is 0 Å². The van der Waals surface area contributed by atoms with E-state index in [1.165, 1.54) is 0 Å². The van der Waals surface area contributed by atoms with Gasteiger partial charge < -0.3 is 11.1 Å². The predicted molar refractivity (Wildman–Crippen MR) is 84.3 cm³/mol. The van der Waals surface area contributed by atoms with Crippen molar-refractivity contribution in [1.82, 2.24) is 15.1 Å². The first-order valence-corrected chi connectivity index (χ1v) is 6.85. The van der Waals surface area contributed by atoms with Crippen molar-refractivity contribution in [2.45, 2.75) is 58.5 Å². The number of amides is 1. The smallest absolute Gasteiger partial charge is 0.254 e. The van der Waals surface area contributed by atoms with Gasteiger partial charge in [0, 0.05) is 12.7 Å². The third-order valence-electron chi connectivity index (χ3n) is 3.66. The summed E-state index contributed by atoms with van der Waals surface area (Å²) in [5.74, 6) is -0.107. The first-order valence-electron chi connectivity index (χ1n) is 6.85. The standard InChI is InChI=1S/C14H26N4O.ClH/c1-6-14(7-2,10-15)17-12(19)11-8-16-18(9-11)13(3,4)5;/h8-9H,6-7,10,15H2,1-5H3,(H,17,19);1H. The van der Waals surface area contributed by atoms with Crippen LogP contribution in [0.1, 0.15) is 57.8 Å². The molecule has 0 aliphatic heterocycles. The van der Waals surface area contributed by atoms with Crippen molar-refractivity contribution in [2.75, 3.05) is 6.54 Å². The molecular formula is C14H27ClN4O. The number of carbonyl (C=O) groups excluding carboxylic acids is 1. The van der Waals surface area contributed by atoms with E-state index < -0.39 is 0 Å². The molecule has 1 heterocycles. The van der Waals surface area contributed by atoms with Crippen molar-refractivity contribution in [3.05, 3.63) is 18.0 Å². The van der Waals surface area contributed by atoms with Crippen LogP contribution in [-0.4, -0.2) is 27.8 Å². The van der Waals surface area contributed by atoms with Crippen LogP contribution in [0.25, 0.3) is 0 Å². The zero-order chi connectivity index (χ0) is 14.7. The average Bonchev–Trinajstić information content (AvgIpc) is 2.85. The van der Waals surface area contributed by atoms with E-state index in [4.69, 9.17) is 5.73 Å². The summed E-state index contributed by atoms with van der Waals surface area (Å²) in [4.78, 5) is 12.3. The van der Waals surface area contributed by atoms with E-state index in [0.29, 0.717) is 12.1 Å². The first kappa shape index (κ1) is 18.9. The topological polar surface area (TPSA) is 72.9 Å². The Morgan fingerprint density at radius 2 is 1.90 bits per heavy atom. The minimum atomic E-state index is -0.319. The maximum atomic E-state index is 12.3. The van der Waals surface area contributed by atoms with E-state index in [1.54, 1.807) is 17.1 Å². The lowest BCUT2D eigenvalue weighted by Crippen LogP contribution is -2.52. The summed E-state index contributed by atoms with van der Waals surface area (Å²) in [6.45, 7) is 10.7. The van der Waals surface area contributed by atoms with Gasteiger partial charge in [-0.3, -0.25) is 9.48 Å². The Hall–Kier alpha value is -1.07. The van der Waals surface area contributed by atoms with Gasteiger partial charge in [0.15, 0.2) is 0 Å². The maximum absolute atomic E-state index is 12.3. The average molecular weight is 303 g/mol. The van der Waals surface area contributed by atoms with Gasteiger partial charge in [0.1, 0.15) is 0 Å². The Morgan fingerprint density at radius 1 is 1.35 bits per heavy atom. The molecular weight excluding hydrogens is 276 g/mol. The Kier molecular flexibility index (Phi) is 6.71. The zero-order valence-corrected chi connectivity index (χ0v) is 13.9. The van der Waals surface area contributed by atoms with Crippen LogP contribution in [-0.2, 0) is 5.54 Å². The molecule has 0 radical (unpaired) electrons. The fourth-order valence-electron chi connectivity index (χ4n) is 1.89. The van der Waals surface area contributed by atoms with Gasteiger partial charge in [0.2, 0.25) is 0 Å². The summed E-state index contributed by atoms with van der Waals surface area (Å²) in [6.07, 6.45) is 5.02. The minimum Gasteiger partial charge on any atom is -0.345 e. The third-order valence-corrected chi connectivity index (χ3v) is 3.66. The lowest BCUT2D eigenvalue weighted by atomic mass is 9.92. The monoisotopic (exact) mass is 302 g/mol. The molecule has 0 saturated carbocycles. The number of rotatable bonds is 5. The number of nitrogens with two attached hydrogens (primary N) is 1. The van der Waals surface area contributed by atoms with E-state index >= 15 is 0 Å². The van der Waals surface area contributed by atoms with Crippen LogP contribution in [0.15, 0.2) is 12.4 Å². The first-order chi connectivity index (χ1) is 8.78. The molecule has 1 aromatic heterocycles. The minimum absolute atomic E-state index is 0. The number of hydrogen-bond donors (Lipinski definition) is 2. The van der Waals surface area contributed by atoms with Crippen LogP contribution in [0.2, 0.25) is 0 Å². The van der Waals surface area contributed by atoms with E-state index in [1.807, 2.05) is 34.6 Å². The third kappa shape index (κ3) is 4.21. The van der Waals surface area contributed by atoms with Gasteiger partial charge in [0.05, 0.1) is 22.8 Å². The summed E-state index contributed by atoms with van der Waals surface area (Å²) in [6, 6.07) is 0. The molecule has 116 valence electrons. The molecule has 0 fully saturated rings. The van der Waals surface area contributed by atoms with Crippen LogP contribution in [0.4, 0.5) is 0 Å². The normalized spacial score (nSPS) is 11.9. The molecule has 0 aromatic carbocycles. The fraction of sp³-hybridized carbons (Fsp3) is 0.714. The van der Waals surface area contributed by atoms with Crippen molar-refractivity contribution in [2.24, 2.45) is 5.73 Å². The van der Waals surface area contributed by atoms with Gasteiger partial charge in [-0.05, 0) is 33.6 Å². The second-order valence-electron chi connectivity index (χ2n) is 5.99. The number of nitrogens with one attached hydrogen (secondary N) is 1. The fourth-order valence-corrected chi connectivity index (χ4v) is 1.89. The molecule has 0 bridgehead atoms. The molecule has 1 aromatic rings. The summed E-state index contributed by atoms with van der Waals surface area (Å²) >= 11 is 0. The van der Waals surface area contributed by atoms with Crippen molar-refractivity contribution in [3.8, 4) is 0 Å². The number of carbonyl (C=O) groups is 1. The van der Waals surface area contributed by atoms with Gasteiger partial charge in [-0.15, -0.1) is 12.4 Å². The second-order valence-corrected chi connectivity index (χ2v) is 5.99. The number of aromatic nitrogens is 2. The molecule has 1 rings (SSSR count). The highest BCUT2D eigenvalue weighted by molar-refractivity contribution is 5.94. The lowest BCUT2D eigenvalue weighted by molar-refractivity contribution is 0.0895. The quantitative estimate of drug-likeness (QED) is 0.876. The summed E-state index contributed by atoms with van der Waals surface area (Å²) in [5, 5.41) is 7.28. The Bertz CT molecular complexity index is 424.